The van der Waals surface area contributed by atoms with Gasteiger partial charge in [-0.15, -0.1) is 0 Å². The minimum Gasteiger partial charge on any atom is -0.494 e. The number of pyridine rings is 3. The minimum atomic E-state index is -1.54. The van der Waals surface area contributed by atoms with E-state index >= 15 is 0 Å². The average Bonchev–Trinajstić information content (AvgIpc) is 4.23. The van der Waals surface area contributed by atoms with Crippen molar-refractivity contribution in [2.24, 2.45) is 0 Å². The number of halogens is 1. The van der Waals surface area contributed by atoms with E-state index in [1.54, 1.807) is 38.2 Å². The Labute approximate surface area is 391 Å². The van der Waals surface area contributed by atoms with Crippen molar-refractivity contribution in [1.29, 1.82) is 0 Å². The van der Waals surface area contributed by atoms with Crippen LogP contribution in [0, 0.1) is 20.8 Å². The number of esters is 2. The van der Waals surface area contributed by atoms with Crippen LogP contribution in [0.3, 0.4) is 0 Å². The number of carboxylic acids is 1. The molecule has 9 aromatic rings. The third kappa shape index (κ3) is 10.4. The molecular weight excluding hydrogens is 930 g/mol. The number of rotatable bonds is 11. The van der Waals surface area contributed by atoms with E-state index in [0.29, 0.717) is 68.2 Å². The van der Waals surface area contributed by atoms with E-state index in [1.807, 2.05) is 19.2 Å². The van der Waals surface area contributed by atoms with Crippen LogP contribution in [0.5, 0.6) is 17.2 Å². The summed E-state index contributed by atoms with van der Waals surface area (Å²) < 4.78 is 28.6. The van der Waals surface area contributed by atoms with Crippen molar-refractivity contribution in [2.45, 2.75) is 20.8 Å². The van der Waals surface area contributed by atoms with Gasteiger partial charge in [-0.3, -0.25) is 14.4 Å². The first-order chi connectivity index (χ1) is 33.1. The topological polar surface area (TPSA) is 347 Å². The summed E-state index contributed by atoms with van der Waals surface area (Å²) in [5, 5.41) is 22.2. The molecule has 0 fully saturated rings. The summed E-state index contributed by atoms with van der Waals surface area (Å²) in [6.07, 6.45) is 13.8. The third-order valence-corrected chi connectivity index (χ3v) is 9.53. The highest BCUT2D eigenvalue weighted by molar-refractivity contribution is 6.80. The summed E-state index contributed by atoms with van der Waals surface area (Å²) in [7, 11) is 6.73. The number of nitrogens with one attached hydrogen (secondary N) is 3. The maximum absolute atomic E-state index is 12.2. The molecule has 0 radical (unpaired) electrons. The van der Waals surface area contributed by atoms with Crippen LogP contribution in [0.2, 0.25) is 0 Å². The number of Topliss-reactive ketones (excluding diaryl/α,β-unsaturated/α-hetero) is 2. The Balaban J connectivity index is 0.000000160. The number of aromatic nitrogens is 15. The lowest BCUT2D eigenvalue weighted by Gasteiger charge is -2.07. The van der Waals surface area contributed by atoms with Gasteiger partial charge in [-0.25, -0.2) is 58.3 Å². The van der Waals surface area contributed by atoms with Crippen LogP contribution >= 0.6 is 11.6 Å². The van der Waals surface area contributed by atoms with Crippen molar-refractivity contribution in [2.75, 3.05) is 35.5 Å². The van der Waals surface area contributed by atoms with Crippen LogP contribution in [0.15, 0.2) is 62.2 Å². The number of hydrogen-bond donors (Lipinski definition) is 4. The summed E-state index contributed by atoms with van der Waals surface area (Å²) in [5.74, 6) is -0.562. The van der Waals surface area contributed by atoms with Crippen molar-refractivity contribution in [3.05, 3.63) is 90.8 Å². The molecule has 9 rings (SSSR count). The zero-order valence-electron chi connectivity index (χ0n) is 37.5. The maximum Gasteiger partial charge on any atom is 0.391 e. The monoisotopic (exact) mass is 967 g/mol. The molecule has 0 spiro atoms. The lowest BCUT2D eigenvalue weighted by Crippen LogP contribution is -2.15. The van der Waals surface area contributed by atoms with Crippen molar-refractivity contribution >= 4 is 79.0 Å². The number of aryl methyl sites for hydroxylation is 3. The number of carboxylic acid groups (broad SMARTS) is 1. The smallest absolute Gasteiger partial charge is 0.391 e. The van der Waals surface area contributed by atoms with Gasteiger partial charge in [0.2, 0.25) is 0 Å². The zero-order chi connectivity index (χ0) is 50.1. The van der Waals surface area contributed by atoms with Gasteiger partial charge < -0.3 is 43.7 Å². The summed E-state index contributed by atoms with van der Waals surface area (Å²) in [5.41, 5.74) is 1.97. The molecule has 0 amide bonds. The second-order valence-corrected chi connectivity index (χ2v) is 13.9. The van der Waals surface area contributed by atoms with Crippen LogP contribution in [-0.4, -0.2) is 150 Å². The Hall–Kier alpha value is -9.40. The number of ketones is 2. The molecule has 0 unspecified atom stereocenters. The Morgan fingerprint density at radius 1 is 0.551 bits per heavy atom. The van der Waals surface area contributed by atoms with Crippen molar-refractivity contribution < 1.29 is 57.6 Å². The van der Waals surface area contributed by atoms with Gasteiger partial charge in [0.1, 0.15) is 53.7 Å². The number of hydrogen-bond acceptors (Lipinski definition) is 20. The number of nitrogens with zero attached hydrogens (tertiary/aromatic N) is 12. The molecule has 28 heteroatoms. The molecule has 0 saturated carbocycles. The predicted octanol–water partition coefficient (Wildman–Crippen LogP) is 2.93. The predicted molar refractivity (Wildman–Crippen MR) is 238 cm³/mol. The number of methoxy groups -OCH3 is 5. The number of carbonyl (C=O) groups is 6. The van der Waals surface area contributed by atoms with Gasteiger partial charge in [0.25, 0.3) is 11.6 Å². The van der Waals surface area contributed by atoms with E-state index in [-0.39, 0.29) is 11.1 Å². The van der Waals surface area contributed by atoms with Crippen LogP contribution in [0.4, 0.5) is 0 Å². The second-order valence-electron chi connectivity index (χ2n) is 13.6. The Morgan fingerprint density at radius 3 is 1.30 bits per heavy atom. The lowest BCUT2D eigenvalue weighted by molar-refractivity contribution is -0.148. The van der Waals surface area contributed by atoms with E-state index in [4.69, 9.17) is 19.3 Å². The van der Waals surface area contributed by atoms with Crippen molar-refractivity contribution in [3.8, 4) is 34.7 Å². The summed E-state index contributed by atoms with van der Waals surface area (Å²) in [4.78, 5) is 99.9. The van der Waals surface area contributed by atoms with Crippen molar-refractivity contribution in [1.82, 2.24) is 74.2 Å². The zero-order valence-corrected chi connectivity index (χ0v) is 38.2. The van der Waals surface area contributed by atoms with Crippen LogP contribution in [0.1, 0.15) is 38.2 Å². The molecule has 0 aliphatic rings. The van der Waals surface area contributed by atoms with Crippen molar-refractivity contribution in [3.63, 3.8) is 0 Å². The molecule has 69 heavy (non-hydrogen) atoms. The van der Waals surface area contributed by atoms with E-state index < -0.39 is 34.7 Å². The van der Waals surface area contributed by atoms with Gasteiger partial charge in [0, 0.05) is 24.0 Å². The normalized spacial score (nSPS) is 10.5. The number of fused-ring (bicyclic) bond motifs is 3. The van der Waals surface area contributed by atoms with E-state index in [2.05, 4.69) is 81.2 Å². The first-order valence-electron chi connectivity index (χ1n) is 19.5. The van der Waals surface area contributed by atoms with Gasteiger partial charge in [0.05, 0.1) is 92.6 Å². The minimum absolute atomic E-state index is 0.000151. The fraction of sp³-hybridized carbons (Fsp3) is 0.195. The van der Waals surface area contributed by atoms with E-state index in [1.165, 1.54) is 61.0 Å². The summed E-state index contributed by atoms with van der Waals surface area (Å²) in [6.45, 7) is 5.31. The Morgan fingerprint density at radius 2 is 0.957 bits per heavy atom. The van der Waals surface area contributed by atoms with Gasteiger partial charge in [-0.05, 0) is 38.4 Å². The van der Waals surface area contributed by atoms with Gasteiger partial charge in [-0.2, -0.15) is 15.3 Å². The average molecular weight is 968 g/mol. The van der Waals surface area contributed by atoms with E-state index in [0.717, 1.165) is 30.9 Å². The second kappa shape index (κ2) is 21.3. The molecule has 27 nitrogen and oxygen atoms in total. The summed E-state index contributed by atoms with van der Waals surface area (Å²) in [6, 6.07) is 1.95. The standard InChI is InChI=1S/C14H13N5O4.C13H11N5O4.C11H11N5O.C3H3ClO3/c1-7-17-6-19(18-7)13-11-10(9(22-2)5-16-13)8(4-15-11)12(20)14(21)23-3;1-6-16-5-18(17-6)12-10-9(8(22-2)4-15-12)7(3-14-10)11(19)13(20)21;1-7-14-6-16(15-7)11-10-8(3-4-12-10)9(17-2)5-13-11;1-7-3(6)2(4)5/h4-6,15H,1-3H3;3-5,14H,1-2H3,(H,20,21);3-6,12H,1-2H3;1H3. The number of aliphatic carboxylic acids is 1. The molecule has 0 atom stereocenters. The van der Waals surface area contributed by atoms with Gasteiger partial charge >= 0.3 is 23.2 Å². The van der Waals surface area contributed by atoms with Crippen LogP contribution in [0.25, 0.3) is 50.2 Å². The molecule has 9 heterocycles. The number of carbonyl (C=O) groups excluding carboxylic acids is 5. The van der Waals surface area contributed by atoms with Crippen LogP contribution < -0.4 is 14.2 Å². The number of aromatic amines is 3. The molecule has 4 N–H and O–H groups in total. The SMILES string of the molecule is COC(=O)C(=O)Cl.COC(=O)C(=O)c1c[nH]c2c(-n3cnc(C)n3)ncc(OC)c12.COc1cnc(-n2cnc(C)n2)c2[nH]cc(C(=O)C(=O)O)c12.COc1cnc(-n2cnc(C)n2)c2[nH]ccc12. The fourth-order valence-corrected chi connectivity index (χ4v) is 6.39. The highest BCUT2D eigenvalue weighted by Gasteiger charge is 2.26. The highest BCUT2D eigenvalue weighted by atomic mass is 35.5. The summed E-state index contributed by atoms with van der Waals surface area (Å²) >= 11 is 4.61. The molecule has 0 bridgehead atoms. The Kier molecular flexibility index (Phi) is 15.1. The highest BCUT2D eigenvalue weighted by Crippen LogP contribution is 2.33. The lowest BCUT2D eigenvalue weighted by atomic mass is 10.1. The van der Waals surface area contributed by atoms with Gasteiger partial charge in [-0.1, -0.05) is 0 Å². The number of ether oxygens (including phenoxy) is 5. The molecule has 9 aromatic heterocycles. The largest absolute Gasteiger partial charge is 0.494 e. The molecule has 0 aliphatic heterocycles. The maximum atomic E-state index is 12.2. The molecule has 0 aromatic carbocycles. The first-order valence-corrected chi connectivity index (χ1v) is 19.9. The van der Waals surface area contributed by atoms with Crippen LogP contribution in [-0.2, 0) is 28.7 Å². The van der Waals surface area contributed by atoms with Gasteiger partial charge in [0.15, 0.2) is 17.5 Å². The third-order valence-electron chi connectivity index (χ3n) is 9.38. The fourth-order valence-electron chi connectivity index (χ4n) is 6.32. The first kappa shape index (κ1) is 49.0. The Bertz CT molecular complexity index is 3380. The molecule has 356 valence electrons. The molecular formula is C41H38ClN15O12. The quantitative estimate of drug-likeness (QED) is 0.0626. The molecule has 0 saturated heterocycles. The number of H-pyrrole nitrogens is 3. The molecule has 0 aliphatic carbocycles. The van der Waals surface area contributed by atoms with E-state index in [9.17, 15) is 28.8 Å².